The van der Waals surface area contributed by atoms with Crippen molar-refractivity contribution >= 4 is 11.4 Å². The monoisotopic (exact) mass is 248 g/mol. The quantitative estimate of drug-likeness (QED) is 0.831. The zero-order valence-corrected chi connectivity index (χ0v) is 11.6. The molecule has 0 radical (unpaired) electrons. The molecule has 0 aliphatic carbocycles. The van der Waals surface area contributed by atoms with Gasteiger partial charge in [-0.3, -0.25) is 0 Å². The maximum absolute atomic E-state index is 6.10. The average Bonchev–Trinajstić information content (AvgIpc) is 2.35. The molecule has 0 spiro atoms. The molecule has 0 saturated heterocycles. The molecule has 3 heteroatoms. The molecule has 2 rings (SSSR count). The van der Waals surface area contributed by atoms with Crippen molar-refractivity contribution in [3.63, 3.8) is 0 Å². The van der Waals surface area contributed by atoms with E-state index in [1.54, 1.807) is 0 Å². The fourth-order valence-electron chi connectivity index (χ4n) is 2.38. The number of fused-ring (bicyclic) bond motifs is 1. The van der Waals surface area contributed by atoms with Crippen LogP contribution < -0.4 is 15.4 Å². The lowest BCUT2D eigenvalue weighted by molar-refractivity contribution is 0.145. The molecule has 1 aliphatic rings. The van der Waals surface area contributed by atoms with Crippen LogP contribution in [-0.4, -0.2) is 19.2 Å². The van der Waals surface area contributed by atoms with Crippen molar-refractivity contribution in [1.82, 2.24) is 0 Å². The SMILES string of the molecule is CCCCN1CC(C(C)C)Oc2cccc(N)c21. The van der Waals surface area contributed by atoms with Crippen LogP contribution in [0, 0.1) is 5.92 Å². The molecule has 0 saturated carbocycles. The first-order valence-corrected chi connectivity index (χ1v) is 6.93. The van der Waals surface area contributed by atoms with E-state index >= 15 is 0 Å². The summed E-state index contributed by atoms with van der Waals surface area (Å²) in [5.74, 6) is 1.46. The van der Waals surface area contributed by atoms with Gasteiger partial charge in [0, 0.05) is 6.54 Å². The Morgan fingerprint density at radius 1 is 1.44 bits per heavy atom. The fourth-order valence-corrected chi connectivity index (χ4v) is 2.38. The lowest BCUT2D eigenvalue weighted by atomic mass is 10.0. The predicted molar refractivity (Wildman–Crippen MR) is 77.2 cm³/mol. The second-order valence-corrected chi connectivity index (χ2v) is 5.39. The fraction of sp³-hybridized carbons (Fsp3) is 0.600. The Hall–Kier alpha value is -1.38. The molecule has 1 aromatic carbocycles. The Balaban J connectivity index is 2.29. The molecule has 3 nitrogen and oxygen atoms in total. The number of anilines is 2. The van der Waals surface area contributed by atoms with Gasteiger partial charge in [-0.2, -0.15) is 0 Å². The van der Waals surface area contributed by atoms with Gasteiger partial charge in [-0.25, -0.2) is 0 Å². The van der Waals surface area contributed by atoms with Gasteiger partial charge in [0.05, 0.1) is 12.2 Å². The third kappa shape index (κ3) is 2.55. The molecule has 1 atom stereocenters. The highest BCUT2D eigenvalue weighted by Crippen LogP contribution is 2.39. The number of ether oxygens (including phenoxy) is 1. The van der Waals surface area contributed by atoms with Gasteiger partial charge in [0.25, 0.3) is 0 Å². The molecule has 0 amide bonds. The van der Waals surface area contributed by atoms with Gasteiger partial charge in [0.2, 0.25) is 0 Å². The van der Waals surface area contributed by atoms with Gasteiger partial charge < -0.3 is 15.4 Å². The maximum atomic E-state index is 6.10. The molecule has 0 bridgehead atoms. The minimum Gasteiger partial charge on any atom is -0.486 e. The summed E-state index contributed by atoms with van der Waals surface area (Å²) in [4.78, 5) is 2.39. The third-order valence-electron chi connectivity index (χ3n) is 3.55. The van der Waals surface area contributed by atoms with Crippen LogP contribution in [0.5, 0.6) is 5.75 Å². The summed E-state index contributed by atoms with van der Waals surface area (Å²) < 4.78 is 6.06. The Kier molecular flexibility index (Phi) is 4.00. The van der Waals surface area contributed by atoms with Gasteiger partial charge >= 0.3 is 0 Å². The molecule has 1 aromatic rings. The van der Waals surface area contributed by atoms with Crippen LogP contribution in [0.1, 0.15) is 33.6 Å². The highest BCUT2D eigenvalue weighted by Gasteiger charge is 2.28. The van der Waals surface area contributed by atoms with Gasteiger partial charge in [-0.1, -0.05) is 33.3 Å². The number of hydrogen-bond acceptors (Lipinski definition) is 3. The van der Waals surface area contributed by atoms with Crippen molar-refractivity contribution in [2.24, 2.45) is 5.92 Å². The van der Waals surface area contributed by atoms with E-state index in [9.17, 15) is 0 Å². The van der Waals surface area contributed by atoms with Crippen molar-refractivity contribution in [1.29, 1.82) is 0 Å². The molecular weight excluding hydrogens is 224 g/mol. The van der Waals surface area contributed by atoms with E-state index in [1.807, 2.05) is 18.2 Å². The van der Waals surface area contributed by atoms with Gasteiger partial charge in [-0.15, -0.1) is 0 Å². The van der Waals surface area contributed by atoms with Crippen molar-refractivity contribution < 1.29 is 4.74 Å². The maximum Gasteiger partial charge on any atom is 0.145 e. The third-order valence-corrected chi connectivity index (χ3v) is 3.55. The van der Waals surface area contributed by atoms with Crippen LogP contribution in [0.3, 0.4) is 0 Å². The van der Waals surface area contributed by atoms with Crippen LogP contribution in [0.2, 0.25) is 0 Å². The van der Waals surface area contributed by atoms with Crippen LogP contribution in [0.15, 0.2) is 18.2 Å². The van der Waals surface area contributed by atoms with Gasteiger partial charge in [0.15, 0.2) is 0 Å². The topological polar surface area (TPSA) is 38.5 Å². The first-order valence-electron chi connectivity index (χ1n) is 6.93. The number of unbranched alkanes of at least 4 members (excludes halogenated alkanes) is 1. The van der Waals surface area contributed by atoms with E-state index in [0.29, 0.717) is 5.92 Å². The molecule has 1 aliphatic heterocycles. The zero-order valence-electron chi connectivity index (χ0n) is 11.6. The summed E-state index contributed by atoms with van der Waals surface area (Å²) in [7, 11) is 0. The molecule has 0 fully saturated rings. The van der Waals surface area contributed by atoms with E-state index in [1.165, 1.54) is 12.8 Å². The van der Waals surface area contributed by atoms with Crippen molar-refractivity contribution in [2.45, 2.75) is 39.7 Å². The number of rotatable bonds is 4. The number of para-hydroxylation sites is 1. The lowest BCUT2D eigenvalue weighted by Crippen LogP contribution is -2.43. The van der Waals surface area contributed by atoms with Crippen LogP contribution in [0.4, 0.5) is 11.4 Å². The number of hydrogen-bond donors (Lipinski definition) is 1. The standard InChI is InChI=1S/C15H24N2O/c1-4-5-9-17-10-14(11(2)3)18-13-8-6-7-12(16)15(13)17/h6-8,11,14H,4-5,9-10,16H2,1-3H3. The molecular formula is C15H24N2O. The summed E-state index contributed by atoms with van der Waals surface area (Å²) in [5, 5.41) is 0. The van der Waals surface area contributed by atoms with E-state index in [-0.39, 0.29) is 6.10 Å². The predicted octanol–water partition coefficient (Wildman–Crippen LogP) is 3.29. The first kappa shape index (κ1) is 13.1. The van der Waals surface area contributed by atoms with Gasteiger partial charge in [0.1, 0.15) is 17.5 Å². The minimum atomic E-state index is 0.260. The number of benzene rings is 1. The number of nitrogens with two attached hydrogens (primary N) is 1. The molecule has 1 unspecified atom stereocenters. The second kappa shape index (κ2) is 5.51. The van der Waals surface area contributed by atoms with E-state index in [4.69, 9.17) is 10.5 Å². The molecule has 0 aromatic heterocycles. The summed E-state index contributed by atoms with van der Waals surface area (Å²) in [6.45, 7) is 8.64. The Morgan fingerprint density at radius 2 is 2.22 bits per heavy atom. The largest absolute Gasteiger partial charge is 0.486 e. The lowest BCUT2D eigenvalue weighted by Gasteiger charge is -2.38. The summed E-state index contributed by atoms with van der Waals surface area (Å²) >= 11 is 0. The minimum absolute atomic E-state index is 0.260. The van der Waals surface area contributed by atoms with E-state index in [0.717, 1.165) is 30.2 Å². The normalized spacial score (nSPS) is 18.7. The molecule has 2 N–H and O–H groups in total. The van der Waals surface area contributed by atoms with E-state index < -0.39 is 0 Å². The smallest absolute Gasteiger partial charge is 0.145 e. The number of nitrogen functional groups attached to an aromatic ring is 1. The first-order chi connectivity index (χ1) is 8.63. The number of nitrogens with zero attached hydrogens (tertiary/aromatic N) is 1. The highest BCUT2D eigenvalue weighted by atomic mass is 16.5. The van der Waals surface area contributed by atoms with Crippen LogP contribution in [-0.2, 0) is 0 Å². The zero-order chi connectivity index (χ0) is 13.1. The van der Waals surface area contributed by atoms with Crippen molar-refractivity contribution in [3.8, 4) is 5.75 Å². The van der Waals surface area contributed by atoms with Crippen LogP contribution >= 0.6 is 0 Å². The summed E-state index contributed by atoms with van der Waals surface area (Å²) in [5.41, 5.74) is 8.01. The highest BCUT2D eigenvalue weighted by molar-refractivity contribution is 5.75. The Labute approximate surface area is 110 Å². The second-order valence-electron chi connectivity index (χ2n) is 5.39. The van der Waals surface area contributed by atoms with Crippen molar-refractivity contribution in [3.05, 3.63) is 18.2 Å². The molecule has 100 valence electrons. The summed E-state index contributed by atoms with van der Waals surface area (Å²) in [6.07, 6.45) is 2.65. The average molecular weight is 248 g/mol. The molecule has 18 heavy (non-hydrogen) atoms. The van der Waals surface area contributed by atoms with Crippen molar-refractivity contribution in [2.75, 3.05) is 23.7 Å². The Bertz CT molecular complexity index is 403. The summed E-state index contributed by atoms with van der Waals surface area (Å²) in [6, 6.07) is 5.95. The van der Waals surface area contributed by atoms with E-state index in [2.05, 4.69) is 25.7 Å². The Morgan fingerprint density at radius 3 is 2.89 bits per heavy atom. The van der Waals surface area contributed by atoms with Gasteiger partial charge in [-0.05, 0) is 24.5 Å². The van der Waals surface area contributed by atoms with Crippen LogP contribution in [0.25, 0.3) is 0 Å². The molecule has 1 heterocycles.